The molecule has 1 aromatic heterocycles. The molecule has 0 aliphatic carbocycles. The Labute approximate surface area is 122 Å². The van der Waals surface area contributed by atoms with E-state index in [0.717, 1.165) is 24.3 Å². The molecule has 0 aliphatic rings. The highest BCUT2D eigenvalue weighted by molar-refractivity contribution is 5.46. The second-order valence-electron chi connectivity index (χ2n) is 6.63. The number of halogens is 1. The topological polar surface area (TPSA) is 28.2 Å². The smallest absolute Gasteiger partial charge is 0.141 e. The first-order valence-electron chi connectivity index (χ1n) is 7.33. The van der Waals surface area contributed by atoms with E-state index < -0.39 is 0 Å². The van der Waals surface area contributed by atoms with Gasteiger partial charge in [0.2, 0.25) is 0 Å². The van der Waals surface area contributed by atoms with Crippen molar-refractivity contribution in [3.05, 3.63) is 23.6 Å². The Kier molecular flexibility index (Phi) is 5.93. The van der Waals surface area contributed by atoms with Gasteiger partial charge in [0.1, 0.15) is 11.6 Å². The lowest BCUT2D eigenvalue weighted by atomic mass is 10.1. The molecular formula is C16H28FN3. The van der Waals surface area contributed by atoms with Crippen molar-refractivity contribution in [3.63, 3.8) is 0 Å². The maximum atomic E-state index is 13.5. The van der Waals surface area contributed by atoms with Gasteiger partial charge in [-0.15, -0.1) is 0 Å². The molecule has 114 valence electrons. The quantitative estimate of drug-likeness (QED) is 0.863. The van der Waals surface area contributed by atoms with Crippen LogP contribution >= 0.6 is 0 Å². The zero-order valence-corrected chi connectivity index (χ0v) is 13.6. The SMILES string of the molecule is CCC(C)CN(C)c1ncc(F)cc1CNC(C)(C)C. The number of rotatable bonds is 6. The summed E-state index contributed by atoms with van der Waals surface area (Å²) in [4.78, 5) is 6.40. The van der Waals surface area contributed by atoms with Crippen LogP contribution in [0.2, 0.25) is 0 Å². The van der Waals surface area contributed by atoms with Crippen LogP contribution in [-0.4, -0.2) is 24.1 Å². The average Bonchev–Trinajstić information content (AvgIpc) is 2.35. The fourth-order valence-electron chi connectivity index (χ4n) is 1.99. The van der Waals surface area contributed by atoms with Gasteiger partial charge in [0.15, 0.2) is 0 Å². The largest absolute Gasteiger partial charge is 0.359 e. The molecule has 0 aromatic carbocycles. The van der Waals surface area contributed by atoms with Crippen LogP contribution in [0, 0.1) is 11.7 Å². The standard InChI is InChI=1S/C16H28FN3/c1-7-12(2)11-20(6)15-13(8-14(17)10-18-15)9-19-16(3,4)5/h8,10,12,19H,7,9,11H2,1-6H3. The Hall–Kier alpha value is -1.16. The van der Waals surface area contributed by atoms with Gasteiger partial charge in [-0.2, -0.15) is 0 Å². The minimum atomic E-state index is -0.281. The van der Waals surface area contributed by atoms with Crippen LogP contribution in [0.4, 0.5) is 10.2 Å². The molecular weight excluding hydrogens is 253 g/mol. The molecule has 0 saturated carbocycles. The summed E-state index contributed by atoms with van der Waals surface area (Å²) in [7, 11) is 2.02. The maximum Gasteiger partial charge on any atom is 0.141 e. The lowest BCUT2D eigenvalue weighted by Crippen LogP contribution is -2.36. The summed E-state index contributed by atoms with van der Waals surface area (Å²) in [5.74, 6) is 1.18. The molecule has 1 N–H and O–H groups in total. The number of hydrogen-bond donors (Lipinski definition) is 1. The zero-order chi connectivity index (χ0) is 15.3. The number of nitrogens with zero attached hydrogens (tertiary/aromatic N) is 2. The third-order valence-electron chi connectivity index (χ3n) is 3.36. The molecule has 1 atom stereocenters. The van der Waals surface area contributed by atoms with E-state index in [0.29, 0.717) is 12.5 Å². The van der Waals surface area contributed by atoms with Crippen LogP contribution in [0.3, 0.4) is 0 Å². The molecule has 4 heteroatoms. The number of aromatic nitrogens is 1. The van der Waals surface area contributed by atoms with Gasteiger partial charge in [0.05, 0.1) is 6.20 Å². The van der Waals surface area contributed by atoms with Crippen molar-refractivity contribution in [2.45, 2.75) is 53.1 Å². The molecule has 1 heterocycles. The van der Waals surface area contributed by atoms with Crippen molar-refractivity contribution in [3.8, 4) is 0 Å². The Bertz CT molecular complexity index is 426. The van der Waals surface area contributed by atoms with E-state index in [4.69, 9.17) is 0 Å². The normalized spacial score (nSPS) is 13.3. The summed E-state index contributed by atoms with van der Waals surface area (Å²) < 4.78 is 13.5. The number of anilines is 1. The minimum absolute atomic E-state index is 0.00112. The second-order valence-corrected chi connectivity index (χ2v) is 6.63. The molecule has 0 amide bonds. The molecule has 0 fully saturated rings. The van der Waals surface area contributed by atoms with E-state index >= 15 is 0 Å². The number of pyridine rings is 1. The predicted molar refractivity (Wildman–Crippen MR) is 83.5 cm³/mol. The lowest BCUT2D eigenvalue weighted by Gasteiger charge is -2.26. The van der Waals surface area contributed by atoms with Gasteiger partial charge < -0.3 is 10.2 Å². The molecule has 1 aromatic rings. The van der Waals surface area contributed by atoms with Crippen LogP contribution in [-0.2, 0) is 6.54 Å². The monoisotopic (exact) mass is 281 g/mol. The fraction of sp³-hybridized carbons (Fsp3) is 0.688. The summed E-state index contributed by atoms with van der Waals surface area (Å²) in [5, 5.41) is 3.39. The van der Waals surface area contributed by atoms with E-state index in [1.807, 2.05) is 7.05 Å². The predicted octanol–water partition coefficient (Wildman–Crippen LogP) is 3.59. The molecule has 1 unspecified atom stereocenters. The van der Waals surface area contributed by atoms with Crippen molar-refractivity contribution in [2.75, 3.05) is 18.5 Å². The van der Waals surface area contributed by atoms with E-state index in [-0.39, 0.29) is 11.4 Å². The van der Waals surface area contributed by atoms with Crippen LogP contribution in [0.25, 0.3) is 0 Å². The average molecular weight is 281 g/mol. The highest BCUT2D eigenvalue weighted by Gasteiger charge is 2.15. The summed E-state index contributed by atoms with van der Waals surface area (Å²) in [6.07, 6.45) is 2.42. The van der Waals surface area contributed by atoms with Crippen molar-refractivity contribution >= 4 is 5.82 Å². The maximum absolute atomic E-state index is 13.5. The Morgan fingerprint density at radius 1 is 1.40 bits per heavy atom. The first kappa shape index (κ1) is 16.9. The van der Waals surface area contributed by atoms with E-state index in [9.17, 15) is 4.39 Å². The van der Waals surface area contributed by atoms with E-state index in [2.05, 4.69) is 49.8 Å². The first-order chi connectivity index (χ1) is 9.23. The van der Waals surface area contributed by atoms with Gasteiger partial charge in [0.25, 0.3) is 0 Å². The molecule has 3 nitrogen and oxygen atoms in total. The summed E-state index contributed by atoms with van der Waals surface area (Å²) in [6, 6.07) is 1.58. The highest BCUT2D eigenvalue weighted by Crippen LogP contribution is 2.20. The minimum Gasteiger partial charge on any atom is -0.359 e. The molecule has 0 bridgehead atoms. The van der Waals surface area contributed by atoms with Crippen molar-refractivity contribution in [2.24, 2.45) is 5.92 Å². The van der Waals surface area contributed by atoms with Crippen LogP contribution < -0.4 is 10.2 Å². The number of nitrogens with one attached hydrogen (secondary N) is 1. The third-order valence-corrected chi connectivity index (χ3v) is 3.36. The molecule has 0 radical (unpaired) electrons. The third kappa shape index (κ3) is 5.45. The van der Waals surface area contributed by atoms with Gasteiger partial charge in [-0.05, 0) is 32.8 Å². The summed E-state index contributed by atoms with van der Waals surface area (Å²) in [6.45, 7) is 12.2. The van der Waals surface area contributed by atoms with Crippen molar-refractivity contribution in [1.29, 1.82) is 0 Å². The molecule has 0 aliphatic heterocycles. The fourth-order valence-corrected chi connectivity index (χ4v) is 1.99. The summed E-state index contributed by atoms with van der Waals surface area (Å²) >= 11 is 0. The Morgan fingerprint density at radius 2 is 2.05 bits per heavy atom. The number of hydrogen-bond acceptors (Lipinski definition) is 3. The zero-order valence-electron chi connectivity index (χ0n) is 13.6. The summed E-state index contributed by atoms with van der Waals surface area (Å²) in [5.41, 5.74) is 0.907. The van der Waals surface area contributed by atoms with E-state index in [1.165, 1.54) is 6.20 Å². The molecule has 20 heavy (non-hydrogen) atoms. The molecule has 0 spiro atoms. The van der Waals surface area contributed by atoms with Crippen LogP contribution in [0.5, 0.6) is 0 Å². The Morgan fingerprint density at radius 3 is 2.60 bits per heavy atom. The van der Waals surface area contributed by atoms with Gasteiger partial charge in [-0.3, -0.25) is 0 Å². The molecule has 1 rings (SSSR count). The van der Waals surface area contributed by atoms with Gasteiger partial charge >= 0.3 is 0 Å². The second kappa shape index (κ2) is 7.02. The van der Waals surface area contributed by atoms with E-state index in [1.54, 1.807) is 6.07 Å². The lowest BCUT2D eigenvalue weighted by molar-refractivity contribution is 0.423. The van der Waals surface area contributed by atoms with Gasteiger partial charge in [-0.1, -0.05) is 20.3 Å². The van der Waals surface area contributed by atoms with Crippen LogP contribution in [0.1, 0.15) is 46.6 Å². The van der Waals surface area contributed by atoms with Crippen LogP contribution in [0.15, 0.2) is 12.3 Å². The highest BCUT2D eigenvalue weighted by atomic mass is 19.1. The van der Waals surface area contributed by atoms with Crippen molar-refractivity contribution in [1.82, 2.24) is 10.3 Å². The first-order valence-corrected chi connectivity index (χ1v) is 7.33. The van der Waals surface area contributed by atoms with Gasteiger partial charge in [0, 0.05) is 31.2 Å². The molecule has 0 saturated heterocycles. The van der Waals surface area contributed by atoms with Gasteiger partial charge in [-0.25, -0.2) is 9.37 Å². The Balaban J connectivity index is 2.89. The van der Waals surface area contributed by atoms with Crippen molar-refractivity contribution < 1.29 is 4.39 Å².